The van der Waals surface area contributed by atoms with Crippen molar-refractivity contribution in [2.45, 2.75) is 26.2 Å². The Hall–Kier alpha value is -1.71. The van der Waals surface area contributed by atoms with Gasteiger partial charge < -0.3 is 15.7 Å². The lowest BCUT2D eigenvalue weighted by atomic mass is 9.85. The Morgan fingerprint density at radius 3 is 2.72 bits per heavy atom. The van der Waals surface area contributed by atoms with Gasteiger partial charge in [0.05, 0.1) is 5.56 Å². The number of nitrogens with two attached hydrogens (primary N) is 1. The van der Waals surface area contributed by atoms with Crippen LogP contribution in [0.1, 0.15) is 36.5 Å². The van der Waals surface area contributed by atoms with Gasteiger partial charge in [-0.2, -0.15) is 0 Å². The lowest BCUT2D eigenvalue weighted by Gasteiger charge is -2.33. The minimum absolute atomic E-state index is 0.194. The predicted octanol–water partition coefficient (Wildman–Crippen LogP) is 2.59. The monoisotopic (exact) mass is 248 g/mol. The fourth-order valence-electron chi connectivity index (χ4n) is 2.33. The van der Waals surface area contributed by atoms with E-state index in [1.54, 1.807) is 12.1 Å². The standard InChI is InChI=1S/C14H20N2O2/c1-2-16(9-10-4-3-5-10)11-6-7-13(15)12(8-11)14(17)18/h6-8,10H,2-5,9,15H2,1H3,(H,17,18). The maximum Gasteiger partial charge on any atom is 0.337 e. The van der Waals surface area contributed by atoms with Crippen molar-refractivity contribution in [3.8, 4) is 0 Å². The second kappa shape index (κ2) is 5.29. The Morgan fingerprint density at radius 1 is 1.50 bits per heavy atom. The van der Waals surface area contributed by atoms with Gasteiger partial charge in [-0.1, -0.05) is 6.42 Å². The van der Waals surface area contributed by atoms with Gasteiger partial charge >= 0.3 is 5.97 Å². The first-order valence-electron chi connectivity index (χ1n) is 6.49. The minimum Gasteiger partial charge on any atom is -0.478 e. The summed E-state index contributed by atoms with van der Waals surface area (Å²) in [6.07, 6.45) is 3.90. The zero-order valence-corrected chi connectivity index (χ0v) is 10.7. The number of hydrogen-bond acceptors (Lipinski definition) is 3. The van der Waals surface area contributed by atoms with Gasteiger partial charge in [-0.3, -0.25) is 0 Å². The first-order chi connectivity index (χ1) is 8.61. The van der Waals surface area contributed by atoms with Gasteiger partial charge in [-0.15, -0.1) is 0 Å². The van der Waals surface area contributed by atoms with Crippen molar-refractivity contribution >= 4 is 17.3 Å². The van der Waals surface area contributed by atoms with E-state index in [9.17, 15) is 4.79 Å². The molecule has 1 fully saturated rings. The van der Waals surface area contributed by atoms with E-state index in [0.29, 0.717) is 5.69 Å². The van der Waals surface area contributed by atoms with Crippen LogP contribution in [-0.4, -0.2) is 24.2 Å². The minimum atomic E-state index is -0.964. The molecule has 98 valence electrons. The molecule has 3 N–H and O–H groups in total. The zero-order valence-electron chi connectivity index (χ0n) is 10.7. The van der Waals surface area contributed by atoms with E-state index in [4.69, 9.17) is 10.8 Å². The first-order valence-corrected chi connectivity index (χ1v) is 6.49. The number of aromatic carboxylic acids is 1. The van der Waals surface area contributed by atoms with Gasteiger partial charge in [0.25, 0.3) is 0 Å². The van der Waals surface area contributed by atoms with Gasteiger partial charge in [-0.25, -0.2) is 4.79 Å². The molecule has 1 aromatic carbocycles. The summed E-state index contributed by atoms with van der Waals surface area (Å²) in [5, 5.41) is 9.09. The molecule has 1 aliphatic carbocycles. The highest BCUT2D eigenvalue weighted by molar-refractivity contribution is 5.94. The summed E-state index contributed by atoms with van der Waals surface area (Å²) in [5.41, 5.74) is 7.14. The average molecular weight is 248 g/mol. The van der Waals surface area contributed by atoms with Crippen LogP contribution < -0.4 is 10.6 Å². The molecule has 0 spiro atoms. The highest BCUT2D eigenvalue weighted by Crippen LogP contribution is 2.29. The number of carboxylic acids is 1. The molecule has 0 heterocycles. The van der Waals surface area contributed by atoms with Crippen LogP contribution in [0.4, 0.5) is 11.4 Å². The lowest BCUT2D eigenvalue weighted by Crippen LogP contribution is -2.32. The first kappa shape index (κ1) is 12.7. The highest BCUT2D eigenvalue weighted by Gasteiger charge is 2.21. The van der Waals surface area contributed by atoms with Gasteiger partial charge in [0.15, 0.2) is 0 Å². The number of carboxylic acid groups (broad SMARTS) is 1. The molecule has 1 aliphatic rings. The van der Waals surface area contributed by atoms with Crippen molar-refractivity contribution in [1.29, 1.82) is 0 Å². The molecular weight excluding hydrogens is 228 g/mol. The Kier molecular flexibility index (Phi) is 3.75. The van der Waals surface area contributed by atoms with E-state index in [0.717, 1.165) is 24.7 Å². The maximum atomic E-state index is 11.1. The summed E-state index contributed by atoms with van der Waals surface area (Å²) in [7, 11) is 0. The summed E-state index contributed by atoms with van der Waals surface area (Å²) in [6.45, 7) is 3.99. The van der Waals surface area contributed by atoms with Crippen molar-refractivity contribution in [1.82, 2.24) is 0 Å². The Morgan fingerprint density at radius 2 is 2.22 bits per heavy atom. The second-order valence-electron chi connectivity index (χ2n) is 4.91. The fraction of sp³-hybridized carbons (Fsp3) is 0.500. The Balaban J connectivity index is 2.19. The van der Waals surface area contributed by atoms with Crippen molar-refractivity contribution in [3.63, 3.8) is 0 Å². The molecule has 4 nitrogen and oxygen atoms in total. The van der Waals surface area contributed by atoms with Crippen LogP contribution in [0.5, 0.6) is 0 Å². The normalized spacial score (nSPS) is 15.2. The van der Waals surface area contributed by atoms with E-state index in [2.05, 4.69) is 11.8 Å². The van der Waals surface area contributed by atoms with Crippen LogP contribution in [-0.2, 0) is 0 Å². The molecule has 0 aromatic heterocycles. The number of benzene rings is 1. The van der Waals surface area contributed by atoms with E-state index >= 15 is 0 Å². The molecule has 1 saturated carbocycles. The number of carbonyl (C=O) groups is 1. The zero-order chi connectivity index (χ0) is 13.1. The molecule has 0 bridgehead atoms. The number of nitrogen functional groups attached to an aromatic ring is 1. The van der Waals surface area contributed by atoms with Crippen LogP contribution in [0.3, 0.4) is 0 Å². The molecule has 0 radical (unpaired) electrons. The third kappa shape index (κ3) is 2.58. The van der Waals surface area contributed by atoms with Crippen LogP contribution >= 0.6 is 0 Å². The predicted molar refractivity (Wildman–Crippen MR) is 73.0 cm³/mol. The molecule has 2 rings (SSSR count). The SMILES string of the molecule is CCN(CC1CCC1)c1ccc(N)c(C(=O)O)c1. The number of rotatable bonds is 5. The van der Waals surface area contributed by atoms with E-state index in [1.807, 2.05) is 6.07 Å². The summed E-state index contributed by atoms with van der Waals surface area (Å²) >= 11 is 0. The molecule has 0 unspecified atom stereocenters. The summed E-state index contributed by atoms with van der Waals surface area (Å²) in [4.78, 5) is 13.3. The highest BCUT2D eigenvalue weighted by atomic mass is 16.4. The van der Waals surface area contributed by atoms with Gasteiger partial charge in [0, 0.05) is 24.5 Å². The third-order valence-electron chi connectivity index (χ3n) is 3.72. The average Bonchev–Trinajstić information content (AvgIpc) is 2.29. The third-order valence-corrected chi connectivity index (χ3v) is 3.72. The topological polar surface area (TPSA) is 66.6 Å². The van der Waals surface area contributed by atoms with E-state index in [1.165, 1.54) is 19.3 Å². The van der Waals surface area contributed by atoms with Gasteiger partial charge in [0.2, 0.25) is 0 Å². The number of hydrogen-bond donors (Lipinski definition) is 2. The van der Waals surface area contributed by atoms with Crippen LogP contribution in [0, 0.1) is 5.92 Å². The van der Waals surface area contributed by atoms with E-state index in [-0.39, 0.29) is 5.56 Å². The molecule has 0 aliphatic heterocycles. The summed E-state index contributed by atoms with van der Waals surface area (Å²) < 4.78 is 0. The maximum absolute atomic E-state index is 11.1. The van der Waals surface area contributed by atoms with Crippen molar-refractivity contribution < 1.29 is 9.90 Å². The number of nitrogens with zero attached hydrogens (tertiary/aromatic N) is 1. The van der Waals surface area contributed by atoms with Crippen LogP contribution in [0.25, 0.3) is 0 Å². The fourth-order valence-corrected chi connectivity index (χ4v) is 2.33. The Labute approximate surface area is 107 Å². The largest absolute Gasteiger partial charge is 0.478 e. The van der Waals surface area contributed by atoms with E-state index < -0.39 is 5.97 Å². The van der Waals surface area contributed by atoms with Gasteiger partial charge in [-0.05, 0) is 43.9 Å². The van der Waals surface area contributed by atoms with Crippen molar-refractivity contribution in [2.24, 2.45) is 5.92 Å². The second-order valence-corrected chi connectivity index (χ2v) is 4.91. The quantitative estimate of drug-likeness (QED) is 0.786. The molecule has 0 atom stereocenters. The van der Waals surface area contributed by atoms with Gasteiger partial charge in [0.1, 0.15) is 0 Å². The van der Waals surface area contributed by atoms with Crippen LogP contribution in [0.2, 0.25) is 0 Å². The molecule has 0 amide bonds. The summed E-state index contributed by atoms with van der Waals surface area (Å²) in [6, 6.07) is 5.27. The van der Waals surface area contributed by atoms with Crippen LogP contribution in [0.15, 0.2) is 18.2 Å². The molecule has 1 aromatic rings. The molecule has 18 heavy (non-hydrogen) atoms. The van der Waals surface area contributed by atoms with Crippen molar-refractivity contribution in [2.75, 3.05) is 23.7 Å². The molecular formula is C14H20N2O2. The molecule has 0 saturated heterocycles. The van der Waals surface area contributed by atoms with Crippen molar-refractivity contribution in [3.05, 3.63) is 23.8 Å². The lowest BCUT2D eigenvalue weighted by molar-refractivity contribution is 0.0698. The number of anilines is 2. The smallest absolute Gasteiger partial charge is 0.337 e. The summed E-state index contributed by atoms with van der Waals surface area (Å²) in [5.74, 6) is -0.204. The Bertz CT molecular complexity index is 441. The molecule has 4 heteroatoms.